The summed E-state index contributed by atoms with van der Waals surface area (Å²) in [6.07, 6.45) is 2.05. The van der Waals surface area contributed by atoms with E-state index in [0.717, 1.165) is 22.6 Å². The molecule has 0 atom stereocenters. The van der Waals surface area contributed by atoms with E-state index < -0.39 is 0 Å². The first kappa shape index (κ1) is 15.0. The molecule has 0 fully saturated rings. The van der Waals surface area contributed by atoms with Gasteiger partial charge in [-0.1, -0.05) is 48.0 Å². The summed E-state index contributed by atoms with van der Waals surface area (Å²) in [6.45, 7) is 3.98. The normalized spacial score (nSPS) is 10.5. The Morgan fingerprint density at radius 2 is 1.74 bits per heavy atom. The fraction of sp³-hybridized carbons (Fsp3) is 0.158. The van der Waals surface area contributed by atoms with Crippen LogP contribution >= 0.6 is 0 Å². The van der Waals surface area contributed by atoms with E-state index in [2.05, 4.69) is 10.4 Å². The van der Waals surface area contributed by atoms with Gasteiger partial charge >= 0.3 is 0 Å². The third-order valence-corrected chi connectivity index (χ3v) is 3.77. The minimum Gasteiger partial charge on any atom is -0.323 e. The van der Waals surface area contributed by atoms with Gasteiger partial charge in [-0.3, -0.25) is 4.79 Å². The molecule has 1 aromatic heterocycles. The molecule has 116 valence electrons. The molecule has 0 spiro atoms. The van der Waals surface area contributed by atoms with Crippen molar-refractivity contribution in [1.29, 1.82) is 0 Å². The van der Waals surface area contributed by atoms with E-state index in [0.29, 0.717) is 6.42 Å². The first-order valence-corrected chi connectivity index (χ1v) is 7.59. The van der Waals surface area contributed by atoms with E-state index in [1.807, 2.05) is 73.1 Å². The second kappa shape index (κ2) is 6.48. The lowest BCUT2D eigenvalue weighted by molar-refractivity contribution is -0.115. The summed E-state index contributed by atoms with van der Waals surface area (Å²) in [5.41, 5.74) is 4.82. The van der Waals surface area contributed by atoms with Crippen LogP contribution in [-0.4, -0.2) is 15.7 Å². The van der Waals surface area contributed by atoms with E-state index in [9.17, 15) is 4.79 Å². The number of amides is 1. The van der Waals surface area contributed by atoms with Crippen LogP contribution in [0.5, 0.6) is 0 Å². The van der Waals surface area contributed by atoms with Crippen molar-refractivity contribution >= 4 is 11.6 Å². The summed E-state index contributed by atoms with van der Waals surface area (Å²) in [5.74, 6) is -0.0374. The van der Waals surface area contributed by atoms with Gasteiger partial charge in [-0.15, -0.1) is 0 Å². The lowest BCUT2D eigenvalue weighted by atomic mass is 10.1. The summed E-state index contributed by atoms with van der Waals surface area (Å²) in [7, 11) is 0. The Balaban J connectivity index is 1.72. The number of anilines is 1. The van der Waals surface area contributed by atoms with Crippen molar-refractivity contribution < 1.29 is 4.79 Å². The number of carbonyl (C=O) groups is 1. The average molecular weight is 305 g/mol. The first-order valence-electron chi connectivity index (χ1n) is 7.59. The van der Waals surface area contributed by atoms with Gasteiger partial charge in [-0.05, 0) is 31.5 Å². The second-order valence-corrected chi connectivity index (χ2v) is 5.60. The van der Waals surface area contributed by atoms with Crippen molar-refractivity contribution in [2.24, 2.45) is 0 Å². The quantitative estimate of drug-likeness (QED) is 0.799. The third-order valence-electron chi connectivity index (χ3n) is 3.77. The summed E-state index contributed by atoms with van der Waals surface area (Å²) in [5, 5.41) is 7.30. The Morgan fingerprint density at radius 3 is 2.43 bits per heavy atom. The highest BCUT2D eigenvalue weighted by Crippen LogP contribution is 2.18. The molecule has 0 aliphatic heterocycles. The topological polar surface area (TPSA) is 46.9 Å². The largest absolute Gasteiger partial charge is 0.323 e. The van der Waals surface area contributed by atoms with Crippen molar-refractivity contribution in [2.75, 3.05) is 5.32 Å². The molecule has 1 amide bonds. The van der Waals surface area contributed by atoms with E-state index in [1.165, 1.54) is 5.56 Å². The number of aromatic nitrogens is 2. The number of nitrogens with one attached hydrogen (secondary N) is 1. The van der Waals surface area contributed by atoms with Crippen LogP contribution in [0, 0.1) is 13.8 Å². The zero-order valence-electron chi connectivity index (χ0n) is 13.3. The maximum absolute atomic E-state index is 12.2. The molecule has 0 aliphatic rings. The Morgan fingerprint density at radius 1 is 1.04 bits per heavy atom. The lowest BCUT2D eigenvalue weighted by Gasteiger charge is -2.07. The molecule has 4 nitrogen and oxygen atoms in total. The van der Waals surface area contributed by atoms with E-state index in [4.69, 9.17) is 0 Å². The number of rotatable bonds is 4. The molecular formula is C19H19N3O. The standard InChI is InChI=1S/C19H19N3O/c1-14-8-10-16(11-9-14)12-19(23)21-18-13-20-22(15(18)2)17-6-4-3-5-7-17/h3-11,13H,12H2,1-2H3,(H,21,23). The summed E-state index contributed by atoms with van der Waals surface area (Å²) >= 11 is 0. The summed E-state index contributed by atoms with van der Waals surface area (Å²) < 4.78 is 1.82. The number of aryl methyl sites for hydroxylation is 1. The Hall–Kier alpha value is -2.88. The summed E-state index contributed by atoms with van der Waals surface area (Å²) in [4.78, 5) is 12.2. The number of carbonyl (C=O) groups excluding carboxylic acids is 1. The number of hydrogen-bond acceptors (Lipinski definition) is 2. The van der Waals surface area contributed by atoms with Gasteiger partial charge < -0.3 is 5.32 Å². The van der Waals surface area contributed by atoms with Gasteiger partial charge in [0.2, 0.25) is 5.91 Å². The molecule has 2 aromatic carbocycles. The van der Waals surface area contributed by atoms with Crippen LogP contribution in [-0.2, 0) is 11.2 Å². The van der Waals surface area contributed by atoms with Crippen LogP contribution in [0.3, 0.4) is 0 Å². The molecule has 3 aromatic rings. The molecule has 0 radical (unpaired) electrons. The van der Waals surface area contributed by atoms with Gasteiger partial charge in [0.25, 0.3) is 0 Å². The van der Waals surface area contributed by atoms with E-state index >= 15 is 0 Å². The molecule has 4 heteroatoms. The molecule has 1 heterocycles. The van der Waals surface area contributed by atoms with Crippen LogP contribution in [0.4, 0.5) is 5.69 Å². The smallest absolute Gasteiger partial charge is 0.228 e. The van der Waals surface area contributed by atoms with Crippen molar-refractivity contribution in [3.8, 4) is 5.69 Å². The first-order chi connectivity index (χ1) is 11.1. The molecule has 23 heavy (non-hydrogen) atoms. The monoisotopic (exact) mass is 305 g/mol. The van der Waals surface area contributed by atoms with Gasteiger partial charge in [0.1, 0.15) is 0 Å². The van der Waals surface area contributed by atoms with Gasteiger partial charge in [0, 0.05) is 0 Å². The minimum absolute atomic E-state index is 0.0374. The second-order valence-electron chi connectivity index (χ2n) is 5.60. The number of para-hydroxylation sites is 1. The third kappa shape index (κ3) is 3.48. The van der Waals surface area contributed by atoms with Gasteiger partial charge in [0.15, 0.2) is 0 Å². The lowest BCUT2D eigenvalue weighted by Crippen LogP contribution is -2.15. The van der Waals surface area contributed by atoms with Crippen molar-refractivity contribution in [3.63, 3.8) is 0 Å². The molecule has 3 rings (SSSR count). The molecular weight excluding hydrogens is 286 g/mol. The highest BCUT2D eigenvalue weighted by atomic mass is 16.1. The zero-order valence-corrected chi connectivity index (χ0v) is 13.3. The van der Waals surface area contributed by atoms with Gasteiger partial charge in [-0.25, -0.2) is 4.68 Å². The van der Waals surface area contributed by atoms with Gasteiger partial charge in [0.05, 0.1) is 29.7 Å². The Labute approximate surface area is 135 Å². The highest BCUT2D eigenvalue weighted by Gasteiger charge is 2.11. The minimum atomic E-state index is -0.0374. The molecule has 0 aliphatic carbocycles. The zero-order chi connectivity index (χ0) is 16.2. The Kier molecular flexibility index (Phi) is 4.24. The van der Waals surface area contributed by atoms with Crippen LogP contribution in [0.25, 0.3) is 5.69 Å². The number of benzene rings is 2. The molecule has 0 saturated heterocycles. The Bertz CT molecular complexity index is 804. The number of nitrogens with zero attached hydrogens (tertiary/aromatic N) is 2. The fourth-order valence-corrected chi connectivity index (χ4v) is 2.45. The average Bonchev–Trinajstić information content (AvgIpc) is 2.91. The summed E-state index contributed by atoms with van der Waals surface area (Å²) in [6, 6.07) is 17.9. The molecule has 0 unspecified atom stereocenters. The van der Waals surface area contributed by atoms with Crippen LogP contribution in [0.1, 0.15) is 16.8 Å². The van der Waals surface area contributed by atoms with E-state index in [-0.39, 0.29) is 5.91 Å². The van der Waals surface area contributed by atoms with Crippen LogP contribution in [0.15, 0.2) is 60.8 Å². The van der Waals surface area contributed by atoms with Crippen LogP contribution in [0.2, 0.25) is 0 Å². The van der Waals surface area contributed by atoms with Crippen molar-refractivity contribution in [3.05, 3.63) is 77.6 Å². The fourth-order valence-electron chi connectivity index (χ4n) is 2.45. The molecule has 1 N–H and O–H groups in total. The maximum Gasteiger partial charge on any atom is 0.228 e. The van der Waals surface area contributed by atoms with Crippen molar-refractivity contribution in [2.45, 2.75) is 20.3 Å². The SMILES string of the molecule is Cc1ccc(CC(=O)Nc2cnn(-c3ccccc3)c2C)cc1. The predicted octanol–water partition coefficient (Wildman–Crippen LogP) is 3.67. The highest BCUT2D eigenvalue weighted by molar-refractivity contribution is 5.92. The van der Waals surface area contributed by atoms with Crippen LogP contribution < -0.4 is 5.32 Å². The van der Waals surface area contributed by atoms with Gasteiger partial charge in [-0.2, -0.15) is 5.10 Å². The maximum atomic E-state index is 12.2. The molecule has 0 saturated carbocycles. The van der Waals surface area contributed by atoms with Crippen molar-refractivity contribution in [1.82, 2.24) is 9.78 Å². The van der Waals surface area contributed by atoms with E-state index in [1.54, 1.807) is 6.20 Å². The number of hydrogen-bond donors (Lipinski definition) is 1. The predicted molar refractivity (Wildman–Crippen MR) is 91.8 cm³/mol. The molecule has 0 bridgehead atoms.